The van der Waals surface area contributed by atoms with Crippen molar-refractivity contribution in [1.29, 1.82) is 0 Å². The summed E-state index contributed by atoms with van der Waals surface area (Å²) in [6.45, 7) is 3.12. The zero-order valence-corrected chi connectivity index (χ0v) is 11.9. The van der Waals surface area contributed by atoms with Crippen LogP contribution >= 0.6 is 0 Å². The van der Waals surface area contributed by atoms with E-state index in [9.17, 15) is 0 Å². The van der Waals surface area contributed by atoms with Crippen molar-refractivity contribution in [3.05, 3.63) is 0 Å². The highest BCUT2D eigenvalue weighted by Crippen LogP contribution is 2.50. The van der Waals surface area contributed by atoms with E-state index >= 15 is 0 Å². The maximum absolute atomic E-state index is 6.16. The van der Waals surface area contributed by atoms with Gasteiger partial charge in [-0.15, -0.1) is 0 Å². The average Bonchev–Trinajstić information content (AvgIpc) is 3.34. The maximum Gasteiger partial charge on any atom is 0.0673 e. The molecule has 0 aromatic heterocycles. The number of ether oxygens (including phenoxy) is 2. The quantitative estimate of drug-likeness (QED) is 0.800. The Morgan fingerprint density at radius 3 is 2.58 bits per heavy atom. The van der Waals surface area contributed by atoms with Crippen LogP contribution in [0.2, 0.25) is 0 Å². The van der Waals surface area contributed by atoms with Crippen LogP contribution in [0.3, 0.4) is 0 Å². The highest BCUT2D eigenvalue weighted by molar-refractivity contribution is 5.03. The van der Waals surface area contributed by atoms with Gasteiger partial charge in [-0.2, -0.15) is 0 Å². The lowest BCUT2D eigenvalue weighted by Crippen LogP contribution is -2.44. The fraction of sp³-hybridized carbons (Fsp3) is 1.00. The second-order valence-corrected chi connectivity index (χ2v) is 7.24. The van der Waals surface area contributed by atoms with E-state index in [1.807, 2.05) is 0 Å². The summed E-state index contributed by atoms with van der Waals surface area (Å²) in [5, 5.41) is 3.79. The van der Waals surface area contributed by atoms with Gasteiger partial charge in [-0.05, 0) is 57.3 Å². The highest BCUT2D eigenvalue weighted by atomic mass is 16.5. The molecule has 3 nitrogen and oxygen atoms in total. The van der Waals surface area contributed by atoms with Crippen molar-refractivity contribution in [3.63, 3.8) is 0 Å². The molecule has 2 saturated heterocycles. The fourth-order valence-corrected chi connectivity index (χ4v) is 4.12. The largest absolute Gasteiger partial charge is 0.378 e. The van der Waals surface area contributed by atoms with Crippen LogP contribution < -0.4 is 5.32 Å². The zero-order chi connectivity index (χ0) is 12.7. The molecule has 0 radical (unpaired) electrons. The van der Waals surface area contributed by atoms with Crippen molar-refractivity contribution in [2.75, 3.05) is 19.8 Å². The molecule has 0 aromatic carbocycles. The minimum Gasteiger partial charge on any atom is -0.378 e. The number of hydrogen-bond donors (Lipinski definition) is 1. The molecular weight excluding hydrogens is 238 g/mol. The van der Waals surface area contributed by atoms with Crippen molar-refractivity contribution in [2.24, 2.45) is 11.3 Å². The summed E-state index contributed by atoms with van der Waals surface area (Å²) in [4.78, 5) is 0. The van der Waals surface area contributed by atoms with Gasteiger partial charge < -0.3 is 14.8 Å². The third kappa shape index (κ3) is 2.70. The molecule has 0 aromatic rings. The Morgan fingerprint density at radius 1 is 1.00 bits per heavy atom. The molecule has 108 valence electrons. The van der Waals surface area contributed by atoms with Crippen LogP contribution in [-0.2, 0) is 9.47 Å². The molecule has 2 saturated carbocycles. The van der Waals surface area contributed by atoms with Gasteiger partial charge in [-0.25, -0.2) is 0 Å². The SMILES string of the molecule is C1COC(CC2(CNC3CC3)CCOC2C2CC2)C1. The molecule has 1 N–H and O–H groups in total. The van der Waals surface area contributed by atoms with Gasteiger partial charge >= 0.3 is 0 Å². The summed E-state index contributed by atoms with van der Waals surface area (Å²) in [5.74, 6) is 0.852. The lowest BCUT2D eigenvalue weighted by atomic mass is 9.74. The first-order chi connectivity index (χ1) is 9.36. The summed E-state index contributed by atoms with van der Waals surface area (Å²) in [7, 11) is 0. The van der Waals surface area contributed by atoms with E-state index in [0.29, 0.717) is 17.6 Å². The van der Waals surface area contributed by atoms with Gasteiger partial charge in [0, 0.05) is 31.2 Å². The molecule has 4 rings (SSSR count). The Balaban J connectivity index is 1.46. The third-order valence-corrected chi connectivity index (χ3v) is 5.53. The van der Waals surface area contributed by atoms with Crippen LogP contribution in [0.25, 0.3) is 0 Å². The summed E-state index contributed by atoms with van der Waals surface area (Å²) in [6, 6.07) is 0.807. The Kier molecular flexibility index (Phi) is 3.33. The molecular formula is C16H27NO2. The van der Waals surface area contributed by atoms with Crippen LogP contribution in [0.15, 0.2) is 0 Å². The van der Waals surface area contributed by atoms with Crippen molar-refractivity contribution >= 4 is 0 Å². The normalized spacial score (nSPS) is 42.9. The Bertz CT molecular complexity index is 321. The van der Waals surface area contributed by atoms with Gasteiger partial charge in [0.1, 0.15) is 0 Å². The van der Waals surface area contributed by atoms with Crippen LogP contribution in [0.5, 0.6) is 0 Å². The van der Waals surface area contributed by atoms with E-state index in [1.165, 1.54) is 57.9 Å². The lowest BCUT2D eigenvalue weighted by molar-refractivity contribution is -0.00554. The summed E-state index contributed by atoms with van der Waals surface area (Å²) in [5.41, 5.74) is 0.374. The van der Waals surface area contributed by atoms with Crippen molar-refractivity contribution in [2.45, 2.75) is 69.6 Å². The first-order valence-corrected chi connectivity index (χ1v) is 8.32. The number of hydrogen-bond acceptors (Lipinski definition) is 3. The maximum atomic E-state index is 6.16. The highest BCUT2D eigenvalue weighted by Gasteiger charge is 2.52. The molecule has 2 heterocycles. The second-order valence-electron chi connectivity index (χ2n) is 7.24. The molecule has 2 aliphatic heterocycles. The Hall–Kier alpha value is -0.120. The molecule has 0 spiro atoms. The van der Waals surface area contributed by atoms with E-state index < -0.39 is 0 Å². The number of nitrogens with one attached hydrogen (secondary N) is 1. The molecule has 0 amide bonds. The fourth-order valence-electron chi connectivity index (χ4n) is 4.12. The van der Waals surface area contributed by atoms with Crippen LogP contribution in [0.1, 0.15) is 51.4 Å². The standard InChI is InChI=1S/C16H27NO2/c1-2-14(18-8-1)10-16(11-17-13-5-6-13)7-9-19-15(16)12-3-4-12/h12-15,17H,1-11H2. The van der Waals surface area contributed by atoms with Gasteiger partial charge in [0.2, 0.25) is 0 Å². The van der Waals surface area contributed by atoms with E-state index in [4.69, 9.17) is 9.47 Å². The topological polar surface area (TPSA) is 30.5 Å². The molecule has 4 aliphatic rings. The number of rotatable bonds is 6. The van der Waals surface area contributed by atoms with Gasteiger partial charge in [0.25, 0.3) is 0 Å². The summed E-state index contributed by atoms with van der Waals surface area (Å²) >= 11 is 0. The lowest BCUT2D eigenvalue weighted by Gasteiger charge is -2.36. The van der Waals surface area contributed by atoms with Crippen LogP contribution in [0, 0.1) is 11.3 Å². The molecule has 4 fully saturated rings. The minimum atomic E-state index is 0.374. The van der Waals surface area contributed by atoms with E-state index in [2.05, 4.69) is 5.32 Å². The first-order valence-electron chi connectivity index (χ1n) is 8.32. The molecule has 3 unspecified atom stereocenters. The molecule has 3 atom stereocenters. The van der Waals surface area contributed by atoms with Gasteiger partial charge in [-0.3, -0.25) is 0 Å². The molecule has 19 heavy (non-hydrogen) atoms. The van der Waals surface area contributed by atoms with Gasteiger partial charge in [0.05, 0.1) is 12.2 Å². The van der Waals surface area contributed by atoms with Gasteiger partial charge in [0.15, 0.2) is 0 Å². The zero-order valence-electron chi connectivity index (χ0n) is 11.9. The van der Waals surface area contributed by atoms with E-state index in [-0.39, 0.29) is 0 Å². The predicted molar refractivity (Wildman–Crippen MR) is 74.1 cm³/mol. The van der Waals surface area contributed by atoms with E-state index in [1.54, 1.807) is 0 Å². The minimum absolute atomic E-state index is 0.374. The van der Waals surface area contributed by atoms with E-state index in [0.717, 1.165) is 25.2 Å². The Morgan fingerprint density at radius 2 is 1.89 bits per heavy atom. The molecule has 0 bridgehead atoms. The second kappa shape index (κ2) is 5.01. The molecule has 3 heteroatoms. The smallest absolute Gasteiger partial charge is 0.0673 e. The average molecular weight is 265 g/mol. The van der Waals surface area contributed by atoms with Crippen LogP contribution in [-0.4, -0.2) is 38.0 Å². The van der Waals surface area contributed by atoms with Crippen molar-refractivity contribution in [3.8, 4) is 0 Å². The predicted octanol–water partition coefficient (Wildman–Crippen LogP) is 2.49. The van der Waals surface area contributed by atoms with Gasteiger partial charge in [-0.1, -0.05) is 0 Å². The third-order valence-electron chi connectivity index (χ3n) is 5.53. The van der Waals surface area contributed by atoms with Crippen LogP contribution in [0.4, 0.5) is 0 Å². The summed E-state index contributed by atoms with van der Waals surface area (Å²) in [6.07, 6.45) is 11.6. The molecule has 2 aliphatic carbocycles. The summed E-state index contributed by atoms with van der Waals surface area (Å²) < 4.78 is 12.1. The first kappa shape index (κ1) is 12.6. The Labute approximate surface area is 116 Å². The van der Waals surface area contributed by atoms with Crippen molar-refractivity contribution < 1.29 is 9.47 Å². The van der Waals surface area contributed by atoms with Crippen molar-refractivity contribution in [1.82, 2.24) is 5.32 Å². The monoisotopic (exact) mass is 265 g/mol.